The zero-order valence-corrected chi connectivity index (χ0v) is 13.2. The molecule has 118 valence electrons. The number of carbonyl (C=O) groups excluding carboxylic acids is 1. The van der Waals surface area contributed by atoms with Gasteiger partial charge in [-0.25, -0.2) is 0 Å². The molecule has 1 heterocycles. The Bertz CT molecular complexity index is 707. The van der Waals surface area contributed by atoms with Gasteiger partial charge in [0.2, 0.25) is 5.91 Å². The average Bonchev–Trinajstić information content (AvgIpc) is 3.29. The molecule has 3 nitrogen and oxygen atoms in total. The molecule has 0 radical (unpaired) electrons. The SMILES string of the molecule is O=C(CC1CC1)N1CCc2cc(OCc3ccccc3)ccc21. The minimum atomic E-state index is 0.282. The molecule has 1 fully saturated rings. The summed E-state index contributed by atoms with van der Waals surface area (Å²) >= 11 is 0. The Morgan fingerprint density at radius 2 is 1.96 bits per heavy atom. The van der Waals surface area contributed by atoms with Gasteiger partial charge in [-0.2, -0.15) is 0 Å². The molecule has 2 aromatic rings. The number of nitrogens with zero attached hydrogens (tertiary/aromatic N) is 1. The summed E-state index contributed by atoms with van der Waals surface area (Å²) in [6.45, 7) is 1.38. The van der Waals surface area contributed by atoms with Crippen molar-refractivity contribution in [2.24, 2.45) is 5.92 Å². The van der Waals surface area contributed by atoms with Crippen molar-refractivity contribution < 1.29 is 9.53 Å². The molecule has 0 aromatic heterocycles. The smallest absolute Gasteiger partial charge is 0.227 e. The Labute approximate surface area is 136 Å². The first-order valence-electron chi connectivity index (χ1n) is 8.39. The Kier molecular flexibility index (Phi) is 3.78. The van der Waals surface area contributed by atoms with Gasteiger partial charge in [0.05, 0.1) is 0 Å². The number of rotatable bonds is 5. The molecule has 4 rings (SSSR count). The third kappa shape index (κ3) is 3.24. The number of carbonyl (C=O) groups is 1. The van der Waals surface area contributed by atoms with Crippen molar-refractivity contribution >= 4 is 11.6 Å². The van der Waals surface area contributed by atoms with E-state index < -0.39 is 0 Å². The van der Waals surface area contributed by atoms with Crippen LogP contribution in [0.2, 0.25) is 0 Å². The molecule has 1 aliphatic heterocycles. The van der Waals surface area contributed by atoms with Crippen LogP contribution < -0.4 is 9.64 Å². The Hall–Kier alpha value is -2.29. The van der Waals surface area contributed by atoms with Gasteiger partial charge in [-0.05, 0) is 54.5 Å². The zero-order chi connectivity index (χ0) is 15.6. The van der Waals surface area contributed by atoms with Crippen LogP contribution in [0.25, 0.3) is 0 Å². The zero-order valence-electron chi connectivity index (χ0n) is 13.2. The molecular formula is C20H21NO2. The van der Waals surface area contributed by atoms with Gasteiger partial charge < -0.3 is 9.64 Å². The highest BCUT2D eigenvalue weighted by Crippen LogP contribution is 2.36. The van der Waals surface area contributed by atoms with E-state index in [0.29, 0.717) is 18.9 Å². The van der Waals surface area contributed by atoms with Crippen LogP contribution in [0.3, 0.4) is 0 Å². The first-order valence-corrected chi connectivity index (χ1v) is 8.39. The second kappa shape index (κ2) is 6.07. The topological polar surface area (TPSA) is 29.5 Å². The Morgan fingerprint density at radius 1 is 1.13 bits per heavy atom. The maximum atomic E-state index is 12.3. The van der Waals surface area contributed by atoms with Crippen LogP contribution in [0.4, 0.5) is 5.69 Å². The van der Waals surface area contributed by atoms with Gasteiger partial charge in [-0.3, -0.25) is 4.79 Å². The van der Waals surface area contributed by atoms with Gasteiger partial charge in [0.15, 0.2) is 0 Å². The maximum absolute atomic E-state index is 12.3. The Morgan fingerprint density at radius 3 is 2.74 bits per heavy atom. The summed E-state index contributed by atoms with van der Waals surface area (Å²) < 4.78 is 5.88. The Balaban J connectivity index is 1.43. The summed E-state index contributed by atoms with van der Waals surface area (Å²) in [4.78, 5) is 14.3. The van der Waals surface area contributed by atoms with Crippen LogP contribution in [0.15, 0.2) is 48.5 Å². The second-order valence-corrected chi connectivity index (χ2v) is 6.51. The van der Waals surface area contributed by atoms with Gasteiger partial charge in [0, 0.05) is 18.7 Å². The van der Waals surface area contributed by atoms with E-state index in [1.54, 1.807) is 0 Å². The van der Waals surface area contributed by atoms with E-state index in [9.17, 15) is 4.79 Å². The predicted octanol–water partition coefficient (Wildman–Crippen LogP) is 3.95. The molecule has 1 aliphatic carbocycles. The van der Waals surface area contributed by atoms with E-state index in [-0.39, 0.29) is 5.91 Å². The van der Waals surface area contributed by atoms with Gasteiger partial charge in [0.1, 0.15) is 12.4 Å². The summed E-state index contributed by atoms with van der Waals surface area (Å²) in [6.07, 6.45) is 4.08. The number of hydrogen-bond donors (Lipinski definition) is 0. The van der Waals surface area contributed by atoms with Crippen molar-refractivity contribution in [3.8, 4) is 5.75 Å². The van der Waals surface area contributed by atoms with Gasteiger partial charge in [0.25, 0.3) is 0 Å². The largest absolute Gasteiger partial charge is 0.489 e. The fraction of sp³-hybridized carbons (Fsp3) is 0.350. The second-order valence-electron chi connectivity index (χ2n) is 6.51. The van der Waals surface area contributed by atoms with Crippen molar-refractivity contribution in [3.05, 3.63) is 59.7 Å². The fourth-order valence-electron chi connectivity index (χ4n) is 3.15. The third-order valence-corrected chi connectivity index (χ3v) is 4.66. The molecule has 1 amide bonds. The first kappa shape index (κ1) is 14.3. The van der Waals surface area contributed by atoms with Crippen LogP contribution in [-0.2, 0) is 17.8 Å². The molecule has 3 heteroatoms. The van der Waals surface area contributed by atoms with Crippen LogP contribution in [0, 0.1) is 5.92 Å². The van der Waals surface area contributed by atoms with E-state index in [2.05, 4.69) is 18.2 Å². The number of benzene rings is 2. The lowest BCUT2D eigenvalue weighted by molar-refractivity contribution is -0.118. The van der Waals surface area contributed by atoms with Crippen molar-refractivity contribution in [3.63, 3.8) is 0 Å². The standard InChI is InChI=1S/C20H21NO2/c22-20(12-15-6-7-15)21-11-10-17-13-18(8-9-19(17)21)23-14-16-4-2-1-3-5-16/h1-5,8-9,13,15H,6-7,10-12,14H2. The highest BCUT2D eigenvalue weighted by Gasteiger charge is 2.30. The molecule has 1 saturated carbocycles. The van der Waals surface area contributed by atoms with E-state index in [1.165, 1.54) is 18.4 Å². The monoisotopic (exact) mass is 307 g/mol. The highest BCUT2D eigenvalue weighted by molar-refractivity contribution is 5.95. The summed E-state index contributed by atoms with van der Waals surface area (Å²) in [5.74, 6) is 1.80. The number of fused-ring (bicyclic) bond motifs is 1. The van der Waals surface area contributed by atoms with E-state index >= 15 is 0 Å². The van der Waals surface area contributed by atoms with Crippen molar-refractivity contribution in [1.29, 1.82) is 0 Å². The van der Waals surface area contributed by atoms with Crippen molar-refractivity contribution in [1.82, 2.24) is 0 Å². The molecule has 23 heavy (non-hydrogen) atoms. The maximum Gasteiger partial charge on any atom is 0.227 e. The van der Waals surface area contributed by atoms with Crippen molar-refractivity contribution in [2.45, 2.75) is 32.3 Å². The molecule has 2 aliphatic rings. The predicted molar refractivity (Wildman–Crippen MR) is 90.6 cm³/mol. The first-order chi connectivity index (χ1) is 11.3. The lowest BCUT2D eigenvalue weighted by Crippen LogP contribution is -2.28. The number of amides is 1. The third-order valence-electron chi connectivity index (χ3n) is 4.66. The fourth-order valence-corrected chi connectivity index (χ4v) is 3.15. The molecule has 0 saturated heterocycles. The average molecular weight is 307 g/mol. The normalized spacial score (nSPS) is 16.3. The lowest BCUT2D eigenvalue weighted by Gasteiger charge is -2.17. The van der Waals surface area contributed by atoms with E-state index in [4.69, 9.17) is 4.74 Å². The minimum absolute atomic E-state index is 0.282. The molecule has 0 spiro atoms. The molecule has 0 bridgehead atoms. The summed E-state index contributed by atoms with van der Waals surface area (Å²) in [6, 6.07) is 16.3. The highest BCUT2D eigenvalue weighted by atomic mass is 16.5. The van der Waals surface area contributed by atoms with Gasteiger partial charge >= 0.3 is 0 Å². The molecular weight excluding hydrogens is 286 g/mol. The van der Waals surface area contributed by atoms with Crippen LogP contribution in [-0.4, -0.2) is 12.5 Å². The van der Waals surface area contributed by atoms with E-state index in [1.807, 2.05) is 35.2 Å². The number of hydrogen-bond acceptors (Lipinski definition) is 2. The number of ether oxygens (including phenoxy) is 1. The lowest BCUT2D eigenvalue weighted by atomic mass is 10.1. The van der Waals surface area contributed by atoms with Gasteiger partial charge in [-0.1, -0.05) is 30.3 Å². The van der Waals surface area contributed by atoms with Crippen LogP contribution >= 0.6 is 0 Å². The molecule has 0 atom stereocenters. The van der Waals surface area contributed by atoms with Crippen LogP contribution in [0.5, 0.6) is 5.75 Å². The number of anilines is 1. The van der Waals surface area contributed by atoms with Gasteiger partial charge in [-0.15, -0.1) is 0 Å². The molecule has 0 N–H and O–H groups in total. The summed E-state index contributed by atoms with van der Waals surface area (Å²) in [5.41, 5.74) is 3.46. The summed E-state index contributed by atoms with van der Waals surface area (Å²) in [7, 11) is 0. The summed E-state index contributed by atoms with van der Waals surface area (Å²) in [5, 5.41) is 0. The minimum Gasteiger partial charge on any atom is -0.489 e. The quantitative estimate of drug-likeness (QED) is 0.837. The van der Waals surface area contributed by atoms with Crippen molar-refractivity contribution in [2.75, 3.05) is 11.4 Å². The molecule has 0 unspecified atom stereocenters. The molecule has 2 aromatic carbocycles. The van der Waals surface area contributed by atoms with E-state index in [0.717, 1.165) is 30.0 Å². The van der Waals surface area contributed by atoms with Crippen LogP contribution in [0.1, 0.15) is 30.4 Å².